The number of hydrazine groups is 1. The van der Waals surface area contributed by atoms with Crippen molar-refractivity contribution in [1.82, 2.24) is 10.4 Å². The summed E-state index contributed by atoms with van der Waals surface area (Å²) in [6.45, 7) is 2.99. The molecule has 2 amide bonds. The number of carbonyl (C=O) groups is 2. The zero-order valence-corrected chi connectivity index (χ0v) is 10.3. The minimum absolute atomic E-state index is 0.0758. The fourth-order valence-electron chi connectivity index (χ4n) is 1.28. The van der Waals surface area contributed by atoms with Gasteiger partial charge in [0.2, 0.25) is 5.91 Å². The molecular formula is C11H13N3O4. The van der Waals surface area contributed by atoms with E-state index in [4.69, 9.17) is 0 Å². The molecule has 1 rings (SSSR count). The molecule has 96 valence electrons. The van der Waals surface area contributed by atoms with E-state index in [0.717, 1.165) is 10.6 Å². The average molecular weight is 251 g/mol. The van der Waals surface area contributed by atoms with Gasteiger partial charge in [0.25, 0.3) is 11.6 Å². The highest BCUT2D eigenvalue weighted by atomic mass is 16.6. The third-order valence-electron chi connectivity index (χ3n) is 2.33. The number of nitrogens with one attached hydrogen (secondary N) is 1. The van der Waals surface area contributed by atoms with Crippen molar-refractivity contribution in [3.8, 4) is 0 Å². The minimum Gasteiger partial charge on any atom is -0.273 e. The number of hydrogen-bond acceptors (Lipinski definition) is 4. The van der Waals surface area contributed by atoms with Crippen LogP contribution in [-0.2, 0) is 4.79 Å². The molecule has 18 heavy (non-hydrogen) atoms. The highest BCUT2D eigenvalue weighted by molar-refractivity contribution is 5.99. The zero-order valence-electron chi connectivity index (χ0n) is 10.3. The quantitative estimate of drug-likeness (QED) is 0.627. The maximum absolute atomic E-state index is 11.8. The number of nitrogens with zero attached hydrogens (tertiary/aromatic N) is 2. The molecule has 7 nitrogen and oxygen atoms in total. The molecule has 0 unspecified atom stereocenters. The van der Waals surface area contributed by atoms with Crippen molar-refractivity contribution in [2.24, 2.45) is 0 Å². The Morgan fingerprint density at radius 2 is 2.00 bits per heavy atom. The van der Waals surface area contributed by atoms with E-state index in [-0.39, 0.29) is 17.2 Å². The smallest absolute Gasteiger partial charge is 0.273 e. The molecule has 0 atom stereocenters. The fourth-order valence-corrected chi connectivity index (χ4v) is 1.28. The summed E-state index contributed by atoms with van der Waals surface area (Å²) in [7, 11) is 1.36. The van der Waals surface area contributed by atoms with Crippen molar-refractivity contribution in [2.75, 3.05) is 7.05 Å². The zero-order chi connectivity index (χ0) is 13.9. The highest BCUT2D eigenvalue weighted by Crippen LogP contribution is 2.19. The predicted octanol–water partition coefficient (Wildman–Crippen LogP) is 1.03. The van der Waals surface area contributed by atoms with Gasteiger partial charge in [0.1, 0.15) is 5.56 Å². The van der Waals surface area contributed by atoms with Crippen LogP contribution < -0.4 is 5.43 Å². The minimum atomic E-state index is -0.692. The van der Waals surface area contributed by atoms with Crippen LogP contribution in [0.4, 0.5) is 5.69 Å². The maximum atomic E-state index is 11.8. The van der Waals surface area contributed by atoms with Gasteiger partial charge in [-0.15, -0.1) is 0 Å². The Morgan fingerprint density at radius 1 is 1.39 bits per heavy atom. The van der Waals surface area contributed by atoms with E-state index in [1.165, 1.54) is 26.1 Å². The standard InChI is InChI=1S/C11H13N3O4/c1-7-4-5-10(14(17)18)9(6-7)11(16)12-13(3)8(2)15/h4-6H,1-3H3,(H,12,16). The van der Waals surface area contributed by atoms with Crippen molar-refractivity contribution in [3.63, 3.8) is 0 Å². The number of hydrogen-bond donors (Lipinski definition) is 1. The Morgan fingerprint density at radius 3 is 2.50 bits per heavy atom. The van der Waals surface area contributed by atoms with Crippen molar-refractivity contribution >= 4 is 17.5 Å². The molecule has 0 saturated heterocycles. The second kappa shape index (κ2) is 5.26. The second-order valence-electron chi connectivity index (χ2n) is 3.80. The van der Waals surface area contributed by atoms with Gasteiger partial charge in [0.15, 0.2) is 0 Å². The number of aryl methyl sites for hydroxylation is 1. The van der Waals surface area contributed by atoms with Gasteiger partial charge in [-0.2, -0.15) is 0 Å². The van der Waals surface area contributed by atoms with Gasteiger partial charge in [-0.25, -0.2) is 0 Å². The molecule has 0 aliphatic rings. The summed E-state index contributed by atoms with van der Waals surface area (Å²) < 4.78 is 0. The fraction of sp³-hybridized carbons (Fsp3) is 0.273. The summed E-state index contributed by atoms with van der Waals surface area (Å²) in [4.78, 5) is 33.0. The Bertz CT molecular complexity index is 513. The molecule has 1 N–H and O–H groups in total. The van der Waals surface area contributed by atoms with Crippen LogP contribution in [0.25, 0.3) is 0 Å². The molecule has 0 aliphatic carbocycles. The first-order valence-corrected chi connectivity index (χ1v) is 5.13. The molecule has 1 aromatic carbocycles. The summed E-state index contributed by atoms with van der Waals surface area (Å²) >= 11 is 0. The average Bonchev–Trinajstić information content (AvgIpc) is 2.28. The summed E-state index contributed by atoms with van der Waals surface area (Å²) in [5.74, 6) is -1.07. The van der Waals surface area contributed by atoms with Gasteiger partial charge in [-0.3, -0.25) is 30.1 Å². The van der Waals surface area contributed by atoms with Crippen LogP contribution in [0.5, 0.6) is 0 Å². The Balaban J connectivity index is 3.08. The lowest BCUT2D eigenvalue weighted by molar-refractivity contribution is -0.385. The molecule has 0 heterocycles. The summed E-state index contributed by atoms with van der Waals surface area (Å²) in [5.41, 5.74) is 2.61. The largest absolute Gasteiger partial charge is 0.282 e. The number of amides is 2. The lowest BCUT2D eigenvalue weighted by Crippen LogP contribution is -2.42. The van der Waals surface area contributed by atoms with Crippen LogP contribution in [0.1, 0.15) is 22.8 Å². The van der Waals surface area contributed by atoms with E-state index in [0.29, 0.717) is 0 Å². The molecular weight excluding hydrogens is 238 g/mol. The molecule has 0 aromatic heterocycles. The van der Waals surface area contributed by atoms with Crippen LogP contribution in [0.3, 0.4) is 0 Å². The summed E-state index contributed by atoms with van der Waals surface area (Å²) in [6, 6.07) is 4.21. The van der Waals surface area contributed by atoms with Crippen LogP contribution in [0, 0.1) is 17.0 Å². The summed E-state index contributed by atoms with van der Waals surface area (Å²) in [6.07, 6.45) is 0. The third kappa shape index (κ3) is 3.03. The first kappa shape index (κ1) is 13.6. The van der Waals surface area contributed by atoms with Crippen molar-refractivity contribution < 1.29 is 14.5 Å². The maximum Gasteiger partial charge on any atom is 0.282 e. The second-order valence-corrected chi connectivity index (χ2v) is 3.80. The van der Waals surface area contributed by atoms with Crippen LogP contribution in [-0.4, -0.2) is 28.8 Å². The number of nitro benzene ring substituents is 1. The monoisotopic (exact) mass is 251 g/mol. The van der Waals surface area contributed by atoms with E-state index in [9.17, 15) is 19.7 Å². The molecule has 0 spiro atoms. The number of carbonyl (C=O) groups excluding carboxylic acids is 2. The third-order valence-corrected chi connectivity index (χ3v) is 2.33. The molecule has 0 aliphatic heterocycles. The van der Waals surface area contributed by atoms with Crippen LogP contribution >= 0.6 is 0 Å². The molecule has 0 fully saturated rings. The summed E-state index contributed by atoms with van der Waals surface area (Å²) in [5, 5.41) is 11.8. The van der Waals surface area contributed by atoms with E-state index in [1.807, 2.05) is 0 Å². The van der Waals surface area contributed by atoms with Gasteiger partial charge in [-0.1, -0.05) is 6.07 Å². The molecule has 0 bridgehead atoms. The van der Waals surface area contributed by atoms with E-state index in [1.54, 1.807) is 13.0 Å². The van der Waals surface area contributed by atoms with Crippen LogP contribution in [0.15, 0.2) is 18.2 Å². The van der Waals surface area contributed by atoms with Crippen molar-refractivity contribution in [2.45, 2.75) is 13.8 Å². The number of benzene rings is 1. The lowest BCUT2D eigenvalue weighted by atomic mass is 10.1. The topological polar surface area (TPSA) is 92.6 Å². The Hall–Kier alpha value is -2.44. The normalized spacial score (nSPS) is 9.72. The van der Waals surface area contributed by atoms with Crippen molar-refractivity contribution in [3.05, 3.63) is 39.4 Å². The molecule has 0 radical (unpaired) electrons. The number of rotatable bonds is 2. The Kier molecular flexibility index (Phi) is 3.98. The SMILES string of the molecule is CC(=O)N(C)NC(=O)c1cc(C)ccc1[N+](=O)[O-]. The molecule has 1 aromatic rings. The van der Waals surface area contributed by atoms with Gasteiger partial charge < -0.3 is 0 Å². The van der Waals surface area contributed by atoms with Crippen LogP contribution in [0.2, 0.25) is 0 Å². The molecule has 7 heteroatoms. The van der Waals surface area contributed by atoms with E-state index < -0.39 is 10.8 Å². The van der Waals surface area contributed by atoms with Gasteiger partial charge in [0, 0.05) is 20.0 Å². The van der Waals surface area contributed by atoms with Gasteiger partial charge in [0.05, 0.1) is 4.92 Å². The Labute approximate surface area is 104 Å². The van der Waals surface area contributed by atoms with Crippen molar-refractivity contribution in [1.29, 1.82) is 0 Å². The van der Waals surface area contributed by atoms with Gasteiger partial charge in [-0.05, 0) is 18.6 Å². The predicted molar refractivity (Wildman–Crippen MR) is 63.7 cm³/mol. The van der Waals surface area contributed by atoms with Gasteiger partial charge >= 0.3 is 0 Å². The molecule has 0 saturated carbocycles. The first-order valence-electron chi connectivity index (χ1n) is 5.13. The van der Waals surface area contributed by atoms with E-state index >= 15 is 0 Å². The highest BCUT2D eigenvalue weighted by Gasteiger charge is 2.21. The lowest BCUT2D eigenvalue weighted by Gasteiger charge is -2.16. The first-order chi connectivity index (χ1) is 8.32. The number of nitro groups is 1. The van der Waals surface area contributed by atoms with E-state index in [2.05, 4.69) is 5.43 Å².